The molecule has 1 unspecified atom stereocenters. The van der Waals surface area contributed by atoms with Crippen molar-refractivity contribution in [2.24, 2.45) is 5.73 Å². The van der Waals surface area contributed by atoms with Crippen molar-refractivity contribution < 1.29 is 9.53 Å². The summed E-state index contributed by atoms with van der Waals surface area (Å²) >= 11 is 0. The van der Waals surface area contributed by atoms with Crippen molar-refractivity contribution in [2.75, 3.05) is 20.3 Å². The molecule has 1 saturated heterocycles. The van der Waals surface area contributed by atoms with Crippen molar-refractivity contribution in [2.45, 2.75) is 69.4 Å². The van der Waals surface area contributed by atoms with Crippen LogP contribution in [0, 0.1) is 0 Å². The summed E-state index contributed by atoms with van der Waals surface area (Å²) in [5.74, 6) is 0.215. The number of rotatable bonds is 5. The summed E-state index contributed by atoms with van der Waals surface area (Å²) < 4.78 is 5.12. The van der Waals surface area contributed by atoms with E-state index < -0.39 is 5.54 Å². The molecule has 0 bridgehead atoms. The number of piperidine rings is 1. The van der Waals surface area contributed by atoms with Gasteiger partial charge in [-0.2, -0.15) is 0 Å². The first-order chi connectivity index (χ1) is 9.17. The molecule has 4 heteroatoms. The van der Waals surface area contributed by atoms with Crippen LogP contribution in [0.1, 0.15) is 57.8 Å². The van der Waals surface area contributed by atoms with E-state index in [0.29, 0.717) is 6.04 Å². The summed E-state index contributed by atoms with van der Waals surface area (Å²) in [4.78, 5) is 14.8. The number of carbonyl (C=O) groups is 1. The van der Waals surface area contributed by atoms with E-state index in [-0.39, 0.29) is 5.91 Å². The molecule has 2 aliphatic rings. The Morgan fingerprint density at radius 2 is 2.05 bits per heavy atom. The average molecular weight is 268 g/mol. The van der Waals surface area contributed by atoms with E-state index in [1.54, 1.807) is 7.11 Å². The van der Waals surface area contributed by atoms with Gasteiger partial charge in [0.25, 0.3) is 0 Å². The van der Waals surface area contributed by atoms with Crippen LogP contribution in [0.5, 0.6) is 0 Å². The minimum Gasteiger partial charge on any atom is -0.385 e. The van der Waals surface area contributed by atoms with Crippen molar-refractivity contribution in [1.29, 1.82) is 0 Å². The minimum absolute atomic E-state index is 0.215. The maximum Gasteiger partial charge on any atom is 0.242 e. The normalized spacial score (nSPS) is 26.6. The lowest BCUT2D eigenvalue weighted by Gasteiger charge is -2.40. The zero-order valence-corrected chi connectivity index (χ0v) is 12.2. The van der Waals surface area contributed by atoms with Crippen LogP contribution in [0.3, 0.4) is 0 Å². The summed E-state index contributed by atoms with van der Waals surface area (Å²) in [7, 11) is 1.73. The number of likely N-dealkylation sites (tertiary alicyclic amines) is 1. The second-order valence-corrected chi connectivity index (χ2v) is 6.15. The molecule has 4 nitrogen and oxygen atoms in total. The van der Waals surface area contributed by atoms with Crippen LogP contribution < -0.4 is 5.73 Å². The molecule has 110 valence electrons. The first kappa shape index (κ1) is 14.8. The molecule has 1 heterocycles. The van der Waals surface area contributed by atoms with Crippen LogP contribution in [0.4, 0.5) is 0 Å². The SMILES string of the molecule is COCCCC1CCCCN1C(=O)C1(N)CCCC1. The predicted molar refractivity (Wildman–Crippen MR) is 75.8 cm³/mol. The number of nitrogens with two attached hydrogens (primary N) is 1. The van der Waals surface area contributed by atoms with Crippen molar-refractivity contribution in [3.05, 3.63) is 0 Å². The highest BCUT2D eigenvalue weighted by molar-refractivity contribution is 5.86. The number of amides is 1. The van der Waals surface area contributed by atoms with Crippen LogP contribution >= 0.6 is 0 Å². The molecule has 0 aromatic heterocycles. The van der Waals surface area contributed by atoms with E-state index >= 15 is 0 Å². The van der Waals surface area contributed by atoms with Gasteiger partial charge in [-0.05, 0) is 44.9 Å². The third-order valence-corrected chi connectivity index (χ3v) is 4.70. The van der Waals surface area contributed by atoms with Crippen LogP contribution in [-0.2, 0) is 9.53 Å². The van der Waals surface area contributed by atoms with Crippen LogP contribution in [-0.4, -0.2) is 42.6 Å². The Balaban J connectivity index is 1.96. The Morgan fingerprint density at radius 3 is 2.74 bits per heavy atom. The minimum atomic E-state index is -0.559. The lowest BCUT2D eigenvalue weighted by molar-refractivity contribution is -0.140. The van der Waals surface area contributed by atoms with Crippen molar-refractivity contribution in [3.63, 3.8) is 0 Å². The molecule has 1 atom stereocenters. The molecule has 1 aliphatic carbocycles. The molecule has 1 aliphatic heterocycles. The number of hydrogen-bond donors (Lipinski definition) is 1. The molecule has 1 amide bonds. The number of hydrogen-bond acceptors (Lipinski definition) is 3. The summed E-state index contributed by atoms with van der Waals surface area (Å²) in [5.41, 5.74) is 5.78. The van der Waals surface area contributed by atoms with Gasteiger partial charge in [-0.15, -0.1) is 0 Å². The second-order valence-electron chi connectivity index (χ2n) is 6.15. The molecule has 2 fully saturated rings. The molecule has 2 rings (SSSR count). The second kappa shape index (κ2) is 6.71. The largest absolute Gasteiger partial charge is 0.385 e. The summed E-state index contributed by atoms with van der Waals surface area (Å²) in [6.07, 6.45) is 9.51. The smallest absolute Gasteiger partial charge is 0.242 e. The highest BCUT2D eigenvalue weighted by Crippen LogP contribution is 2.32. The molecule has 0 spiro atoms. The third-order valence-electron chi connectivity index (χ3n) is 4.70. The van der Waals surface area contributed by atoms with E-state index in [1.807, 2.05) is 0 Å². The molecule has 0 aromatic carbocycles. The summed E-state index contributed by atoms with van der Waals surface area (Å²) in [5, 5.41) is 0. The lowest BCUT2D eigenvalue weighted by Crippen LogP contribution is -2.57. The molecular formula is C15H28N2O2. The first-order valence-corrected chi connectivity index (χ1v) is 7.76. The Kier molecular flexibility index (Phi) is 5.22. The van der Waals surface area contributed by atoms with E-state index in [4.69, 9.17) is 10.5 Å². The summed E-state index contributed by atoms with van der Waals surface area (Å²) in [6, 6.07) is 0.387. The van der Waals surface area contributed by atoms with E-state index in [9.17, 15) is 4.79 Å². The van der Waals surface area contributed by atoms with Crippen molar-refractivity contribution >= 4 is 5.91 Å². The van der Waals surface area contributed by atoms with E-state index in [0.717, 1.165) is 64.5 Å². The summed E-state index contributed by atoms with van der Waals surface area (Å²) in [6.45, 7) is 1.68. The Bertz CT molecular complexity index is 301. The zero-order valence-electron chi connectivity index (χ0n) is 12.2. The van der Waals surface area contributed by atoms with Crippen LogP contribution in [0.25, 0.3) is 0 Å². The fraction of sp³-hybridized carbons (Fsp3) is 0.933. The lowest BCUT2D eigenvalue weighted by atomic mass is 9.91. The maximum atomic E-state index is 12.7. The number of nitrogens with zero attached hydrogens (tertiary/aromatic N) is 1. The van der Waals surface area contributed by atoms with Crippen LogP contribution in [0.2, 0.25) is 0 Å². The molecular weight excluding hydrogens is 240 g/mol. The number of carbonyl (C=O) groups excluding carboxylic acids is 1. The van der Waals surface area contributed by atoms with Gasteiger partial charge in [0.2, 0.25) is 5.91 Å². The van der Waals surface area contributed by atoms with Gasteiger partial charge in [-0.25, -0.2) is 0 Å². The quantitative estimate of drug-likeness (QED) is 0.777. The molecule has 19 heavy (non-hydrogen) atoms. The van der Waals surface area contributed by atoms with Crippen LogP contribution in [0.15, 0.2) is 0 Å². The van der Waals surface area contributed by atoms with Gasteiger partial charge in [0.1, 0.15) is 0 Å². The van der Waals surface area contributed by atoms with E-state index in [2.05, 4.69) is 4.90 Å². The molecule has 1 saturated carbocycles. The predicted octanol–water partition coefficient (Wildman–Crippen LogP) is 2.07. The van der Waals surface area contributed by atoms with Gasteiger partial charge < -0.3 is 15.4 Å². The van der Waals surface area contributed by atoms with Gasteiger partial charge in [0.05, 0.1) is 5.54 Å². The first-order valence-electron chi connectivity index (χ1n) is 7.76. The maximum absolute atomic E-state index is 12.7. The highest BCUT2D eigenvalue weighted by atomic mass is 16.5. The Labute approximate surface area is 116 Å². The fourth-order valence-corrected chi connectivity index (χ4v) is 3.54. The number of ether oxygens (including phenoxy) is 1. The van der Waals surface area contributed by atoms with Gasteiger partial charge in [0.15, 0.2) is 0 Å². The third kappa shape index (κ3) is 3.48. The molecule has 0 aromatic rings. The fourth-order valence-electron chi connectivity index (χ4n) is 3.54. The van der Waals surface area contributed by atoms with Crippen molar-refractivity contribution in [3.8, 4) is 0 Å². The topological polar surface area (TPSA) is 55.6 Å². The highest BCUT2D eigenvalue weighted by Gasteiger charge is 2.42. The average Bonchev–Trinajstić information content (AvgIpc) is 2.87. The Hall–Kier alpha value is -0.610. The monoisotopic (exact) mass is 268 g/mol. The number of methoxy groups -OCH3 is 1. The molecule has 0 radical (unpaired) electrons. The van der Waals surface area contributed by atoms with E-state index in [1.165, 1.54) is 6.42 Å². The van der Waals surface area contributed by atoms with Gasteiger partial charge >= 0.3 is 0 Å². The van der Waals surface area contributed by atoms with Gasteiger partial charge in [-0.1, -0.05) is 12.8 Å². The standard InChI is InChI=1S/C15H28N2O2/c1-19-12-6-8-13-7-2-5-11-17(13)14(18)15(16)9-3-4-10-15/h13H,2-12,16H2,1H3. The molecule has 2 N–H and O–H groups in total. The van der Waals surface area contributed by atoms with Gasteiger partial charge in [0, 0.05) is 26.3 Å². The van der Waals surface area contributed by atoms with Crippen molar-refractivity contribution in [1.82, 2.24) is 4.90 Å². The zero-order chi connectivity index (χ0) is 13.7. The van der Waals surface area contributed by atoms with Gasteiger partial charge in [-0.3, -0.25) is 4.79 Å². The Morgan fingerprint density at radius 1 is 1.32 bits per heavy atom.